The summed E-state index contributed by atoms with van der Waals surface area (Å²) in [7, 11) is 0. The third kappa shape index (κ3) is 5.33. The summed E-state index contributed by atoms with van der Waals surface area (Å²) in [5, 5.41) is 2.29. The Morgan fingerprint density at radius 3 is 2.56 bits per heavy atom. The molecule has 1 aromatic carbocycles. The maximum atomic E-state index is 12.0. The van der Waals surface area contributed by atoms with E-state index in [0.29, 0.717) is 0 Å². The van der Waals surface area contributed by atoms with E-state index < -0.39 is 18.0 Å². The van der Waals surface area contributed by atoms with Crippen LogP contribution in [-0.4, -0.2) is 18.1 Å². The molecule has 0 aliphatic carbocycles. The SMILES string of the molecule is CC(=O)CC(=O)Nc1cccc(OC(F)(F)F)c1. The number of amides is 1. The second-order valence-electron chi connectivity index (χ2n) is 3.50. The molecular weight excluding hydrogens is 251 g/mol. The molecule has 18 heavy (non-hydrogen) atoms. The van der Waals surface area contributed by atoms with Gasteiger partial charge in [-0.2, -0.15) is 0 Å². The number of benzene rings is 1. The van der Waals surface area contributed by atoms with Gasteiger partial charge < -0.3 is 10.1 Å². The van der Waals surface area contributed by atoms with Gasteiger partial charge in [0.1, 0.15) is 11.5 Å². The van der Waals surface area contributed by atoms with Gasteiger partial charge in [0, 0.05) is 11.8 Å². The van der Waals surface area contributed by atoms with Crippen molar-refractivity contribution >= 4 is 17.4 Å². The fraction of sp³-hybridized carbons (Fsp3) is 0.273. The number of hydrogen-bond donors (Lipinski definition) is 1. The molecule has 98 valence electrons. The summed E-state index contributed by atoms with van der Waals surface area (Å²) in [5.41, 5.74) is 0.128. The van der Waals surface area contributed by atoms with Crippen molar-refractivity contribution < 1.29 is 27.5 Å². The van der Waals surface area contributed by atoms with Crippen LogP contribution in [0.5, 0.6) is 5.75 Å². The van der Waals surface area contributed by atoms with Crippen LogP contribution in [0.15, 0.2) is 24.3 Å². The van der Waals surface area contributed by atoms with Crippen molar-refractivity contribution in [2.24, 2.45) is 0 Å². The van der Waals surface area contributed by atoms with E-state index in [4.69, 9.17) is 0 Å². The van der Waals surface area contributed by atoms with E-state index in [1.165, 1.54) is 19.1 Å². The van der Waals surface area contributed by atoms with Crippen molar-refractivity contribution in [3.05, 3.63) is 24.3 Å². The van der Waals surface area contributed by atoms with Gasteiger partial charge in [0.15, 0.2) is 0 Å². The Balaban J connectivity index is 2.70. The highest BCUT2D eigenvalue weighted by molar-refractivity contribution is 6.03. The van der Waals surface area contributed by atoms with Crippen LogP contribution in [0.2, 0.25) is 0 Å². The van der Waals surface area contributed by atoms with E-state index in [2.05, 4.69) is 10.1 Å². The van der Waals surface area contributed by atoms with Crippen molar-refractivity contribution in [1.29, 1.82) is 0 Å². The molecule has 1 N–H and O–H groups in total. The minimum Gasteiger partial charge on any atom is -0.406 e. The van der Waals surface area contributed by atoms with E-state index in [9.17, 15) is 22.8 Å². The van der Waals surface area contributed by atoms with Gasteiger partial charge in [-0.3, -0.25) is 9.59 Å². The van der Waals surface area contributed by atoms with E-state index in [-0.39, 0.29) is 17.9 Å². The van der Waals surface area contributed by atoms with Gasteiger partial charge in [0.25, 0.3) is 0 Å². The highest BCUT2D eigenvalue weighted by Crippen LogP contribution is 2.24. The summed E-state index contributed by atoms with van der Waals surface area (Å²) in [5.74, 6) is -1.37. The minimum atomic E-state index is -4.79. The van der Waals surface area contributed by atoms with Gasteiger partial charge >= 0.3 is 6.36 Å². The fourth-order valence-electron chi connectivity index (χ4n) is 1.20. The van der Waals surface area contributed by atoms with Crippen molar-refractivity contribution in [1.82, 2.24) is 0 Å². The third-order valence-corrected chi connectivity index (χ3v) is 1.76. The lowest BCUT2D eigenvalue weighted by Gasteiger charge is -2.10. The van der Waals surface area contributed by atoms with Crippen molar-refractivity contribution in [2.75, 3.05) is 5.32 Å². The van der Waals surface area contributed by atoms with Crippen LogP contribution >= 0.6 is 0 Å². The first-order chi connectivity index (χ1) is 8.26. The predicted molar refractivity (Wildman–Crippen MR) is 57.1 cm³/mol. The van der Waals surface area contributed by atoms with Crippen LogP contribution in [0.1, 0.15) is 13.3 Å². The number of alkyl halides is 3. The standard InChI is InChI=1S/C11H10F3NO3/c1-7(16)5-10(17)15-8-3-2-4-9(6-8)18-11(12,13)14/h2-4,6H,5H2,1H3,(H,15,17). The molecule has 0 aromatic heterocycles. The summed E-state index contributed by atoms with van der Waals surface area (Å²) < 4.78 is 39.5. The number of carbonyl (C=O) groups is 2. The lowest BCUT2D eigenvalue weighted by Crippen LogP contribution is -2.18. The lowest BCUT2D eigenvalue weighted by atomic mass is 10.2. The number of anilines is 1. The van der Waals surface area contributed by atoms with Crippen molar-refractivity contribution in [2.45, 2.75) is 19.7 Å². The Bertz CT molecular complexity index is 457. The van der Waals surface area contributed by atoms with E-state index in [1.54, 1.807) is 0 Å². The van der Waals surface area contributed by atoms with Gasteiger partial charge in [0.2, 0.25) is 5.91 Å². The van der Waals surface area contributed by atoms with E-state index >= 15 is 0 Å². The third-order valence-electron chi connectivity index (χ3n) is 1.76. The monoisotopic (exact) mass is 261 g/mol. The quantitative estimate of drug-likeness (QED) is 0.847. The van der Waals surface area contributed by atoms with Crippen LogP contribution in [0, 0.1) is 0 Å². The normalized spacial score (nSPS) is 10.9. The first-order valence-corrected chi connectivity index (χ1v) is 4.91. The molecule has 4 nitrogen and oxygen atoms in total. The van der Waals surface area contributed by atoms with Crippen LogP contribution < -0.4 is 10.1 Å². The van der Waals surface area contributed by atoms with Crippen molar-refractivity contribution in [3.8, 4) is 5.75 Å². The highest BCUT2D eigenvalue weighted by atomic mass is 19.4. The van der Waals surface area contributed by atoms with Gasteiger partial charge in [-0.25, -0.2) is 0 Å². The molecule has 0 saturated heterocycles. The molecule has 1 aromatic rings. The highest BCUT2D eigenvalue weighted by Gasteiger charge is 2.31. The van der Waals surface area contributed by atoms with Gasteiger partial charge in [0.05, 0.1) is 6.42 Å². The van der Waals surface area contributed by atoms with Crippen LogP contribution in [-0.2, 0) is 9.59 Å². The Labute approximate surface area is 101 Å². The second-order valence-corrected chi connectivity index (χ2v) is 3.50. The number of carbonyl (C=O) groups excluding carboxylic acids is 2. The molecule has 0 bridgehead atoms. The molecule has 0 fully saturated rings. The Kier molecular flexibility index (Phi) is 4.30. The molecule has 0 radical (unpaired) electrons. The first-order valence-electron chi connectivity index (χ1n) is 4.91. The molecule has 0 unspecified atom stereocenters. The summed E-state index contributed by atoms with van der Waals surface area (Å²) in [6, 6.07) is 4.81. The fourth-order valence-corrected chi connectivity index (χ4v) is 1.20. The Hall–Kier alpha value is -2.05. The average molecular weight is 261 g/mol. The summed E-state index contributed by atoms with van der Waals surface area (Å²) >= 11 is 0. The number of hydrogen-bond acceptors (Lipinski definition) is 3. The number of ether oxygens (including phenoxy) is 1. The average Bonchev–Trinajstić information content (AvgIpc) is 2.13. The summed E-state index contributed by atoms with van der Waals surface area (Å²) in [6.45, 7) is 1.24. The van der Waals surface area contributed by atoms with E-state index in [0.717, 1.165) is 12.1 Å². The number of rotatable bonds is 4. The van der Waals surface area contributed by atoms with Crippen molar-refractivity contribution in [3.63, 3.8) is 0 Å². The molecule has 1 amide bonds. The minimum absolute atomic E-state index is 0.128. The molecular formula is C11H10F3NO3. The van der Waals surface area contributed by atoms with Gasteiger partial charge in [-0.15, -0.1) is 13.2 Å². The maximum absolute atomic E-state index is 12.0. The maximum Gasteiger partial charge on any atom is 0.573 e. The van der Waals surface area contributed by atoms with Crippen LogP contribution in [0.25, 0.3) is 0 Å². The predicted octanol–water partition coefficient (Wildman–Crippen LogP) is 2.50. The summed E-state index contributed by atoms with van der Waals surface area (Å²) in [6.07, 6.45) is -5.12. The molecule has 0 aliphatic heterocycles. The molecule has 0 atom stereocenters. The number of Topliss-reactive ketones (excluding diaryl/α,β-unsaturated/α-hetero) is 1. The lowest BCUT2D eigenvalue weighted by molar-refractivity contribution is -0.274. The van der Waals surface area contributed by atoms with E-state index in [1.807, 2.05) is 0 Å². The molecule has 0 heterocycles. The largest absolute Gasteiger partial charge is 0.573 e. The number of ketones is 1. The zero-order valence-corrected chi connectivity index (χ0v) is 9.38. The Morgan fingerprint density at radius 2 is 2.00 bits per heavy atom. The van der Waals surface area contributed by atoms with Crippen LogP contribution in [0.3, 0.4) is 0 Å². The zero-order chi connectivity index (χ0) is 13.8. The molecule has 1 rings (SSSR count). The number of nitrogens with one attached hydrogen (secondary N) is 1. The molecule has 7 heteroatoms. The molecule has 0 saturated carbocycles. The smallest absolute Gasteiger partial charge is 0.406 e. The van der Waals surface area contributed by atoms with Gasteiger partial charge in [-0.1, -0.05) is 6.07 Å². The Morgan fingerprint density at radius 1 is 1.33 bits per heavy atom. The van der Waals surface area contributed by atoms with Gasteiger partial charge in [-0.05, 0) is 19.1 Å². The van der Waals surface area contributed by atoms with Crippen LogP contribution in [0.4, 0.5) is 18.9 Å². The topological polar surface area (TPSA) is 55.4 Å². The second kappa shape index (κ2) is 5.52. The summed E-state index contributed by atoms with van der Waals surface area (Å²) in [4.78, 5) is 21.9. The molecule has 0 spiro atoms. The molecule has 0 aliphatic rings. The zero-order valence-electron chi connectivity index (χ0n) is 9.38. The first kappa shape index (κ1) is 14.0. The number of halogens is 3.